The molecule has 1 amide bonds. The molecule has 68 valence electrons. The van der Waals surface area contributed by atoms with Crippen LogP contribution in [0, 0.1) is 17.8 Å². The maximum absolute atomic E-state index is 11.1. The van der Waals surface area contributed by atoms with E-state index in [9.17, 15) is 4.79 Å². The molecule has 2 heteroatoms. The number of primary amides is 1. The number of hydrogen-bond donors (Lipinski definition) is 1. The van der Waals surface area contributed by atoms with Crippen LogP contribution in [0.25, 0.3) is 0 Å². The number of hydrogen-bond acceptors (Lipinski definition) is 1. The SMILES string of the molecule is NC(=O)[C@@H]1CC[C@H]2CCCC[C@H]21. The monoisotopic (exact) mass is 167 g/mol. The lowest BCUT2D eigenvalue weighted by Gasteiger charge is -2.27. The molecule has 2 rings (SSSR count). The van der Waals surface area contributed by atoms with Crippen LogP contribution in [0.1, 0.15) is 38.5 Å². The molecule has 0 aromatic carbocycles. The van der Waals surface area contributed by atoms with Crippen LogP contribution in [-0.4, -0.2) is 5.91 Å². The van der Waals surface area contributed by atoms with Gasteiger partial charge in [-0.2, -0.15) is 0 Å². The fraction of sp³-hybridized carbons (Fsp3) is 0.900. The summed E-state index contributed by atoms with van der Waals surface area (Å²) in [4.78, 5) is 11.1. The molecular formula is C10H17NO. The Balaban J connectivity index is 2.05. The molecule has 12 heavy (non-hydrogen) atoms. The second-order valence-corrected chi connectivity index (χ2v) is 4.29. The summed E-state index contributed by atoms with van der Waals surface area (Å²) >= 11 is 0. The quantitative estimate of drug-likeness (QED) is 0.634. The van der Waals surface area contributed by atoms with Crippen molar-refractivity contribution in [1.82, 2.24) is 0 Å². The summed E-state index contributed by atoms with van der Waals surface area (Å²) < 4.78 is 0. The van der Waals surface area contributed by atoms with Gasteiger partial charge in [-0.3, -0.25) is 4.79 Å². The number of carbonyl (C=O) groups excluding carboxylic acids is 1. The van der Waals surface area contributed by atoms with Crippen LogP contribution in [-0.2, 0) is 4.79 Å². The predicted octanol–water partition coefficient (Wildman–Crippen LogP) is 1.69. The van der Waals surface area contributed by atoms with E-state index in [-0.39, 0.29) is 11.8 Å². The Kier molecular flexibility index (Phi) is 2.07. The molecule has 0 aromatic rings. The average molecular weight is 167 g/mol. The first-order chi connectivity index (χ1) is 5.79. The van der Waals surface area contributed by atoms with Crippen molar-refractivity contribution in [3.8, 4) is 0 Å². The molecule has 0 heterocycles. The van der Waals surface area contributed by atoms with E-state index in [1.807, 2.05) is 0 Å². The van der Waals surface area contributed by atoms with Crippen LogP contribution < -0.4 is 5.73 Å². The highest BCUT2D eigenvalue weighted by Gasteiger charge is 2.39. The Hall–Kier alpha value is -0.530. The summed E-state index contributed by atoms with van der Waals surface area (Å²) in [5.41, 5.74) is 5.37. The molecule has 2 N–H and O–H groups in total. The minimum Gasteiger partial charge on any atom is -0.369 e. The van der Waals surface area contributed by atoms with Gasteiger partial charge in [-0.15, -0.1) is 0 Å². The molecule has 0 radical (unpaired) electrons. The van der Waals surface area contributed by atoms with E-state index < -0.39 is 0 Å². The van der Waals surface area contributed by atoms with Gasteiger partial charge < -0.3 is 5.73 Å². The molecule has 0 unspecified atom stereocenters. The number of rotatable bonds is 1. The third-order valence-electron chi connectivity index (χ3n) is 3.70. The predicted molar refractivity (Wildman–Crippen MR) is 47.4 cm³/mol. The summed E-state index contributed by atoms with van der Waals surface area (Å²) in [6.45, 7) is 0. The fourth-order valence-electron chi connectivity index (χ4n) is 3.09. The van der Waals surface area contributed by atoms with Gasteiger partial charge in [0.1, 0.15) is 0 Å². The Morgan fingerprint density at radius 2 is 1.83 bits per heavy atom. The standard InChI is InChI=1S/C10H17NO/c11-10(12)9-6-5-7-3-1-2-4-8(7)9/h7-9H,1-6H2,(H2,11,12)/t7-,8-,9-/m1/s1. The smallest absolute Gasteiger partial charge is 0.220 e. The van der Waals surface area contributed by atoms with Gasteiger partial charge in [0.05, 0.1) is 0 Å². The highest BCUT2D eigenvalue weighted by molar-refractivity contribution is 5.77. The van der Waals surface area contributed by atoms with Crippen LogP contribution in [0.3, 0.4) is 0 Å². The lowest BCUT2D eigenvalue weighted by atomic mass is 9.78. The second-order valence-electron chi connectivity index (χ2n) is 4.29. The van der Waals surface area contributed by atoms with Crippen molar-refractivity contribution in [2.75, 3.05) is 0 Å². The maximum atomic E-state index is 11.1. The van der Waals surface area contributed by atoms with Crippen molar-refractivity contribution in [3.05, 3.63) is 0 Å². The molecule has 0 aromatic heterocycles. The van der Waals surface area contributed by atoms with E-state index in [1.165, 1.54) is 32.1 Å². The zero-order valence-electron chi connectivity index (χ0n) is 7.46. The van der Waals surface area contributed by atoms with Crippen molar-refractivity contribution in [2.45, 2.75) is 38.5 Å². The summed E-state index contributed by atoms with van der Waals surface area (Å²) in [5.74, 6) is 1.65. The highest BCUT2D eigenvalue weighted by atomic mass is 16.1. The molecule has 0 saturated heterocycles. The summed E-state index contributed by atoms with van der Waals surface area (Å²) in [6, 6.07) is 0. The van der Waals surface area contributed by atoms with Gasteiger partial charge in [-0.1, -0.05) is 19.3 Å². The van der Waals surface area contributed by atoms with Crippen molar-refractivity contribution in [2.24, 2.45) is 23.5 Å². The average Bonchev–Trinajstić information content (AvgIpc) is 2.47. The van der Waals surface area contributed by atoms with Crippen molar-refractivity contribution < 1.29 is 4.79 Å². The normalized spacial score (nSPS) is 40.8. The van der Waals surface area contributed by atoms with Crippen molar-refractivity contribution in [3.63, 3.8) is 0 Å². The Morgan fingerprint density at radius 1 is 1.08 bits per heavy atom. The van der Waals surface area contributed by atoms with Gasteiger partial charge in [0, 0.05) is 5.92 Å². The lowest BCUT2D eigenvalue weighted by molar-refractivity contribution is -0.123. The van der Waals surface area contributed by atoms with E-state index in [0.29, 0.717) is 5.92 Å². The van der Waals surface area contributed by atoms with E-state index in [4.69, 9.17) is 5.73 Å². The molecule has 0 aliphatic heterocycles. The van der Waals surface area contributed by atoms with Gasteiger partial charge in [0.15, 0.2) is 0 Å². The molecule has 2 saturated carbocycles. The lowest BCUT2D eigenvalue weighted by Crippen LogP contribution is -2.29. The van der Waals surface area contributed by atoms with Gasteiger partial charge in [-0.05, 0) is 31.1 Å². The first kappa shape index (κ1) is 8.09. The first-order valence-corrected chi connectivity index (χ1v) is 5.08. The molecule has 2 aliphatic carbocycles. The molecule has 2 fully saturated rings. The summed E-state index contributed by atoms with van der Waals surface area (Å²) in [7, 11) is 0. The van der Waals surface area contributed by atoms with E-state index >= 15 is 0 Å². The third-order valence-corrected chi connectivity index (χ3v) is 3.70. The highest BCUT2D eigenvalue weighted by Crippen LogP contribution is 2.45. The zero-order chi connectivity index (χ0) is 8.55. The maximum Gasteiger partial charge on any atom is 0.220 e. The largest absolute Gasteiger partial charge is 0.369 e. The first-order valence-electron chi connectivity index (χ1n) is 5.08. The molecule has 0 bridgehead atoms. The van der Waals surface area contributed by atoms with Crippen molar-refractivity contribution in [1.29, 1.82) is 0 Å². The van der Waals surface area contributed by atoms with Crippen LogP contribution in [0.2, 0.25) is 0 Å². The third kappa shape index (κ3) is 1.23. The topological polar surface area (TPSA) is 43.1 Å². The molecule has 0 spiro atoms. The minimum absolute atomic E-state index is 0.0515. The van der Waals surface area contributed by atoms with E-state index in [2.05, 4.69) is 0 Å². The Labute approximate surface area is 73.5 Å². The second kappa shape index (κ2) is 3.08. The van der Waals surface area contributed by atoms with Gasteiger partial charge >= 0.3 is 0 Å². The van der Waals surface area contributed by atoms with Gasteiger partial charge in [0.2, 0.25) is 5.91 Å². The van der Waals surface area contributed by atoms with Gasteiger partial charge in [-0.25, -0.2) is 0 Å². The van der Waals surface area contributed by atoms with Crippen LogP contribution in [0.15, 0.2) is 0 Å². The van der Waals surface area contributed by atoms with Gasteiger partial charge in [0.25, 0.3) is 0 Å². The Bertz CT molecular complexity index is 190. The zero-order valence-corrected chi connectivity index (χ0v) is 7.46. The molecular weight excluding hydrogens is 150 g/mol. The molecule has 2 nitrogen and oxygen atoms in total. The Morgan fingerprint density at radius 3 is 2.58 bits per heavy atom. The number of carbonyl (C=O) groups is 1. The molecule has 2 aliphatic rings. The number of amides is 1. The number of nitrogens with two attached hydrogens (primary N) is 1. The van der Waals surface area contributed by atoms with E-state index in [1.54, 1.807) is 0 Å². The summed E-state index contributed by atoms with van der Waals surface area (Å²) in [5, 5.41) is 0. The fourth-order valence-corrected chi connectivity index (χ4v) is 3.09. The van der Waals surface area contributed by atoms with Crippen LogP contribution >= 0.6 is 0 Å². The number of fused-ring (bicyclic) bond motifs is 1. The van der Waals surface area contributed by atoms with Crippen LogP contribution in [0.5, 0.6) is 0 Å². The van der Waals surface area contributed by atoms with Crippen LogP contribution in [0.4, 0.5) is 0 Å². The van der Waals surface area contributed by atoms with Crippen molar-refractivity contribution >= 4 is 5.91 Å². The minimum atomic E-state index is -0.0515. The van der Waals surface area contributed by atoms with E-state index in [0.717, 1.165) is 12.3 Å². The molecule has 3 atom stereocenters. The summed E-state index contributed by atoms with van der Waals surface area (Å²) in [6.07, 6.45) is 7.58.